The number of hydrogen-bond donors (Lipinski definition) is 2. The minimum absolute atomic E-state index is 0.130. The Morgan fingerprint density at radius 2 is 2.10 bits per heavy atom. The van der Waals surface area contributed by atoms with E-state index in [0.29, 0.717) is 25.7 Å². The molecule has 1 heterocycles. The van der Waals surface area contributed by atoms with Crippen LogP contribution in [-0.2, 0) is 9.53 Å². The van der Waals surface area contributed by atoms with Crippen LogP contribution >= 0.6 is 0 Å². The number of nitrogens with zero attached hydrogens (tertiary/aromatic N) is 1. The molecule has 0 bridgehead atoms. The molecule has 2 N–H and O–H groups in total. The Balaban J connectivity index is 2.33. The van der Waals surface area contributed by atoms with Gasteiger partial charge in [0, 0.05) is 38.4 Å². The van der Waals surface area contributed by atoms with E-state index in [1.165, 1.54) is 19.3 Å². The summed E-state index contributed by atoms with van der Waals surface area (Å²) in [6.45, 7) is 10.5. The molecule has 1 aliphatic rings. The van der Waals surface area contributed by atoms with Crippen molar-refractivity contribution in [2.75, 3.05) is 39.9 Å². The maximum Gasteiger partial charge on any atom is 0.234 e. The first-order valence-corrected chi connectivity index (χ1v) is 8.17. The molecule has 0 saturated carbocycles. The van der Waals surface area contributed by atoms with Crippen LogP contribution in [0.5, 0.6) is 0 Å². The molecule has 0 aromatic carbocycles. The van der Waals surface area contributed by atoms with Crippen molar-refractivity contribution in [3.8, 4) is 0 Å². The molecule has 1 atom stereocenters. The van der Waals surface area contributed by atoms with Gasteiger partial charge in [-0.2, -0.15) is 0 Å². The van der Waals surface area contributed by atoms with Crippen molar-refractivity contribution in [1.82, 2.24) is 15.5 Å². The molecular formula is C16H33N3O2. The van der Waals surface area contributed by atoms with E-state index in [1.54, 1.807) is 7.11 Å². The number of ether oxygens (including phenoxy) is 1. The molecule has 0 radical (unpaired) electrons. The lowest BCUT2D eigenvalue weighted by atomic mass is 10.0. The van der Waals surface area contributed by atoms with Crippen molar-refractivity contribution in [3.63, 3.8) is 0 Å². The molecule has 21 heavy (non-hydrogen) atoms. The number of piperidine rings is 1. The first-order valence-electron chi connectivity index (χ1n) is 8.17. The Labute approximate surface area is 129 Å². The number of nitrogens with one attached hydrogen (secondary N) is 2. The molecular weight excluding hydrogens is 266 g/mol. The van der Waals surface area contributed by atoms with Crippen molar-refractivity contribution >= 4 is 5.91 Å². The summed E-state index contributed by atoms with van der Waals surface area (Å²) in [6.07, 6.45) is 4.52. The highest BCUT2D eigenvalue weighted by Crippen LogP contribution is 2.16. The van der Waals surface area contributed by atoms with Gasteiger partial charge in [0.1, 0.15) is 0 Å². The predicted octanol–water partition coefficient (Wildman–Crippen LogP) is 1.38. The number of hydrogen-bond acceptors (Lipinski definition) is 4. The largest absolute Gasteiger partial charge is 0.385 e. The third-order valence-electron chi connectivity index (χ3n) is 3.81. The normalized spacial score (nSPS) is 20.5. The van der Waals surface area contributed by atoms with Crippen LogP contribution in [0.1, 0.15) is 46.5 Å². The van der Waals surface area contributed by atoms with Crippen LogP contribution in [0, 0.1) is 0 Å². The van der Waals surface area contributed by atoms with E-state index in [2.05, 4.69) is 36.3 Å². The minimum atomic E-state index is 0.130. The molecule has 5 nitrogen and oxygen atoms in total. The molecule has 0 aliphatic carbocycles. The van der Waals surface area contributed by atoms with Crippen LogP contribution in [0.2, 0.25) is 0 Å². The van der Waals surface area contributed by atoms with Gasteiger partial charge < -0.3 is 15.4 Å². The lowest BCUT2D eigenvalue weighted by Crippen LogP contribution is -2.52. The van der Waals surface area contributed by atoms with Crippen LogP contribution in [0.15, 0.2) is 0 Å². The van der Waals surface area contributed by atoms with Crippen LogP contribution in [-0.4, -0.2) is 62.3 Å². The van der Waals surface area contributed by atoms with E-state index in [1.807, 2.05) is 0 Å². The minimum Gasteiger partial charge on any atom is -0.385 e. The lowest BCUT2D eigenvalue weighted by Gasteiger charge is -2.37. The standard InChI is InChI=1S/C16H33N3O2/c1-16(2,3)18-12-14-8-5-6-10-19(14)13-15(20)17-9-7-11-21-4/h14,18H,5-13H2,1-4H3,(H,17,20). The van der Waals surface area contributed by atoms with Crippen molar-refractivity contribution in [2.45, 2.75) is 58.0 Å². The maximum absolute atomic E-state index is 12.0. The van der Waals surface area contributed by atoms with Crippen molar-refractivity contribution < 1.29 is 9.53 Å². The second-order valence-corrected chi connectivity index (χ2v) is 6.95. The Bertz CT molecular complexity index is 302. The van der Waals surface area contributed by atoms with Gasteiger partial charge in [0.05, 0.1) is 6.54 Å². The van der Waals surface area contributed by atoms with Gasteiger partial charge in [0.2, 0.25) is 5.91 Å². The van der Waals surface area contributed by atoms with Gasteiger partial charge in [-0.15, -0.1) is 0 Å². The predicted molar refractivity (Wildman–Crippen MR) is 86.5 cm³/mol. The summed E-state index contributed by atoms with van der Waals surface area (Å²) in [4.78, 5) is 14.3. The van der Waals surface area contributed by atoms with Gasteiger partial charge >= 0.3 is 0 Å². The fourth-order valence-electron chi connectivity index (χ4n) is 2.61. The molecule has 0 aromatic heterocycles. The molecule has 0 spiro atoms. The summed E-state index contributed by atoms with van der Waals surface area (Å²) in [5.41, 5.74) is 0.130. The number of carbonyl (C=O) groups is 1. The SMILES string of the molecule is COCCCNC(=O)CN1CCCCC1CNC(C)(C)C. The molecule has 1 aliphatic heterocycles. The maximum atomic E-state index is 12.0. The van der Waals surface area contributed by atoms with Gasteiger partial charge in [-0.1, -0.05) is 6.42 Å². The molecule has 5 heteroatoms. The number of carbonyl (C=O) groups excluding carboxylic acids is 1. The van der Waals surface area contributed by atoms with Crippen molar-refractivity contribution in [3.05, 3.63) is 0 Å². The van der Waals surface area contributed by atoms with Crippen LogP contribution in [0.25, 0.3) is 0 Å². The van der Waals surface area contributed by atoms with Gasteiger partial charge in [0.15, 0.2) is 0 Å². The Morgan fingerprint density at radius 1 is 1.33 bits per heavy atom. The molecule has 1 amide bonds. The summed E-state index contributed by atoms with van der Waals surface area (Å²) in [7, 11) is 1.68. The molecule has 0 aromatic rings. The Kier molecular flexibility index (Phi) is 8.22. The van der Waals surface area contributed by atoms with Crippen LogP contribution in [0.4, 0.5) is 0 Å². The summed E-state index contributed by atoms with van der Waals surface area (Å²) in [5, 5.41) is 6.54. The van der Waals surface area contributed by atoms with Gasteiger partial charge in [0.25, 0.3) is 0 Å². The van der Waals surface area contributed by atoms with Crippen molar-refractivity contribution in [1.29, 1.82) is 0 Å². The second-order valence-electron chi connectivity index (χ2n) is 6.95. The van der Waals surface area contributed by atoms with E-state index in [4.69, 9.17) is 4.74 Å². The van der Waals surface area contributed by atoms with E-state index in [-0.39, 0.29) is 11.4 Å². The first kappa shape index (κ1) is 18.4. The van der Waals surface area contributed by atoms with Crippen LogP contribution in [0.3, 0.4) is 0 Å². The fraction of sp³-hybridized carbons (Fsp3) is 0.938. The average molecular weight is 299 g/mol. The quantitative estimate of drug-likeness (QED) is 0.665. The monoisotopic (exact) mass is 299 g/mol. The zero-order valence-corrected chi connectivity index (χ0v) is 14.2. The van der Waals surface area contributed by atoms with E-state index in [0.717, 1.165) is 19.5 Å². The van der Waals surface area contributed by atoms with Crippen molar-refractivity contribution in [2.24, 2.45) is 0 Å². The molecule has 1 rings (SSSR count). The topological polar surface area (TPSA) is 53.6 Å². The van der Waals surface area contributed by atoms with E-state index in [9.17, 15) is 4.79 Å². The molecule has 1 unspecified atom stereocenters. The number of methoxy groups -OCH3 is 1. The van der Waals surface area contributed by atoms with E-state index >= 15 is 0 Å². The van der Waals surface area contributed by atoms with Crippen LogP contribution < -0.4 is 10.6 Å². The number of rotatable bonds is 8. The molecule has 1 saturated heterocycles. The zero-order chi connectivity index (χ0) is 15.7. The Hall–Kier alpha value is -0.650. The smallest absolute Gasteiger partial charge is 0.234 e. The average Bonchev–Trinajstić information content (AvgIpc) is 2.42. The summed E-state index contributed by atoms with van der Waals surface area (Å²) < 4.78 is 4.98. The van der Waals surface area contributed by atoms with Gasteiger partial charge in [-0.05, 0) is 46.6 Å². The van der Waals surface area contributed by atoms with E-state index < -0.39 is 0 Å². The fourth-order valence-corrected chi connectivity index (χ4v) is 2.61. The summed E-state index contributed by atoms with van der Waals surface area (Å²) >= 11 is 0. The highest BCUT2D eigenvalue weighted by atomic mass is 16.5. The summed E-state index contributed by atoms with van der Waals surface area (Å²) in [6, 6.07) is 0.475. The number of amides is 1. The number of likely N-dealkylation sites (tertiary alicyclic amines) is 1. The highest BCUT2D eigenvalue weighted by molar-refractivity contribution is 5.78. The third-order valence-corrected chi connectivity index (χ3v) is 3.81. The molecule has 124 valence electrons. The lowest BCUT2D eigenvalue weighted by molar-refractivity contribution is -0.123. The first-order chi connectivity index (χ1) is 9.92. The third kappa shape index (κ3) is 8.39. The highest BCUT2D eigenvalue weighted by Gasteiger charge is 2.25. The zero-order valence-electron chi connectivity index (χ0n) is 14.2. The van der Waals surface area contributed by atoms with Gasteiger partial charge in [-0.25, -0.2) is 0 Å². The molecule has 1 fully saturated rings. The van der Waals surface area contributed by atoms with Gasteiger partial charge in [-0.3, -0.25) is 9.69 Å². The second kappa shape index (κ2) is 9.38. The Morgan fingerprint density at radius 3 is 2.76 bits per heavy atom. The summed E-state index contributed by atoms with van der Waals surface area (Å²) in [5.74, 6) is 0.133.